The summed E-state index contributed by atoms with van der Waals surface area (Å²) >= 11 is 0. The SMILES string of the molecule is CN(C)CCOc1ccc2c(c1)CN(C)C2. The average molecular weight is 220 g/mol. The van der Waals surface area contributed by atoms with Crippen LogP contribution < -0.4 is 4.74 Å². The van der Waals surface area contributed by atoms with E-state index in [1.54, 1.807) is 0 Å². The quantitative estimate of drug-likeness (QED) is 0.766. The molecule has 88 valence electrons. The molecule has 1 heterocycles. The van der Waals surface area contributed by atoms with Crippen molar-refractivity contribution < 1.29 is 4.74 Å². The van der Waals surface area contributed by atoms with Crippen molar-refractivity contribution in [2.24, 2.45) is 0 Å². The summed E-state index contributed by atoms with van der Waals surface area (Å²) in [6.07, 6.45) is 0. The van der Waals surface area contributed by atoms with Crippen LogP contribution in [0, 0.1) is 0 Å². The maximum absolute atomic E-state index is 5.72. The zero-order valence-electron chi connectivity index (χ0n) is 10.4. The number of hydrogen-bond acceptors (Lipinski definition) is 3. The summed E-state index contributed by atoms with van der Waals surface area (Å²) in [5.41, 5.74) is 2.84. The minimum absolute atomic E-state index is 0.752. The fourth-order valence-corrected chi connectivity index (χ4v) is 1.98. The molecule has 3 nitrogen and oxygen atoms in total. The van der Waals surface area contributed by atoms with Gasteiger partial charge in [0.15, 0.2) is 0 Å². The van der Waals surface area contributed by atoms with E-state index in [0.717, 1.165) is 32.0 Å². The smallest absolute Gasteiger partial charge is 0.119 e. The molecule has 0 aliphatic carbocycles. The van der Waals surface area contributed by atoms with Gasteiger partial charge in [0.05, 0.1) is 0 Å². The molecule has 0 unspecified atom stereocenters. The van der Waals surface area contributed by atoms with Crippen LogP contribution in [0.3, 0.4) is 0 Å². The van der Waals surface area contributed by atoms with Gasteiger partial charge in [0, 0.05) is 19.6 Å². The largest absolute Gasteiger partial charge is 0.492 e. The molecule has 16 heavy (non-hydrogen) atoms. The zero-order chi connectivity index (χ0) is 11.5. The maximum atomic E-state index is 5.72. The Morgan fingerprint density at radius 1 is 1.25 bits per heavy atom. The molecular formula is C13H20N2O. The molecule has 1 aromatic carbocycles. The molecule has 0 saturated heterocycles. The Balaban J connectivity index is 1.94. The van der Waals surface area contributed by atoms with Gasteiger partial charge in [-0.15, -0.1) is 0 Å². The maximum Gasteiger partial charge on any atom is 0.119 e. The first-order valence-electron chi connectivity index (χ1n) is 5.73. The standard InChI is InChI=1S/C13H20N2O/c1-14(2)6-7-16-13-5-4-11-9-15(3)10-12(11)8-13/h4-5,8H,6-7,9-10H2,1-3H3. The Labute approximate surface area is 97.6 Å². The van der Waals surface area contributed by atoms with E-state index < -0.39 is 0 Å². The molecular weight excluding hydrogens is 200 g/mol. The fourth-order valence-electron chi connectivity index (χ4n) is 1.98. The molecule has 0 saturated carbocycles. The van der Waals surface area contributed by atoms with Crippen molar-refractivity contribution in [1.29, 1.82) is 0 Å². The third kappa shape index (κ3) is 2.74. The number of likely N-dealkylation sites (N-methyl/N-ethyl adjacent to an activating group) is 1. The lowest BCUT2D eigenvalue weighted by Crippen LogP contribution is -2.19. The molecule has 0 radical (unpaired) electrons. The van der Waals surface area contributed by atoms with Gasteiger partial charge < -0.3 is 9.64 Å². The Kier molecular flexibility index (Phi) is 3.46. The Morgan fingerprint density at radius 3 is 2.75 bits per heavy atom. The van der Waals surface area contributed by atoms with Crippen LogP contribution in [0.4, 0.5) is 0 Å². The lowest BCUT2D eigenvalue weighted by atomic mass is 10.1. The second kappa shape index (κ2) is 4.85. The third-order valence-corrected chi connectivity index (χ3v) is 2.87. The molecule has 0 amide bonds. The van der Waals surface area contributed by atoms with E-state index in [9.17, 15) is 0 Å². The zero-order valence-corrected chi connectivity index (χ0v) is 10.4. The number of nitrogens with zero attached hydrogens (tertiary/aromatic N) is 2. The van der Waals surface area contributed by atoms with Gasteiger partial charge in [-0.25, -0.2) is 0 Å². The van der Waals surface area contributed by atoms with Crippen molar-refractivity contribution in [3.63, 3.8) is 0 Å². The highest BCUT2D eigenvalue weighted by Gasteiger charge is 2.15. The molecule has 2 rings (SSSR count). The van der Waals surface area contributed by atoms with Crippen LogP contribution in [0.5, 0.6) is 5.75 Å². The molecule has 0 spiro atoms. The van der Waals surface area contributed by atoms with Crippen molar-refractivity contribution in [3.05, 3.63) is 29.3 Å². The first-order valence-corrected chi connectivity index (χ1v) is 5.73. The molecule has 0 fully saturated rings. The third-order valence-electron chi connectivity index (χ3n) is 2.87. The molecule has 1 aromatic rings. The molecule has 3 heteroatoms. The van der Waals surface area contributed by atoms with Crippen LogP contribution in [-0.4, -0.2) is 44.1 Å². The number of hydrogen-bond donors (Lipinski definition) is 0. The predicted molar refractivity (Wildman–Crippen MR) is 65.7 cm³/mol. The number of benzene rings is 1. The summed E-state index contributed by atoms with van der Waals surface area (Å²) in [4.78, 5) is 4.44. The van der Waals surface area contributed by atoms with Crippen LogP contribution in [0.25, 0.3) is 0 Å². The van der Waals surface area contributed by atoms with Crippen molar-refractivity contribution in [1.82, 2.24) is 9.80 Å². The Morgan fingerprint density at radius 2 is 2.00 bits per heavy atom. The first kappa shape index (κ1) is 11.4. The van der Waals surface area contributed by atoms with E-state index >= 15 is 0 Å². The summed E-state index contributed by atoms with van der Waals surface area (Å²) in [6.45, 7) is 3.81. The van der Waals surface area contributed by atoms with E-state index in [2.05, 4.69) is 49.1 Å². The lowest BCUT2D eigenvalue weighted by Gasteiger charge is -2.11. The van der Waals surface area contributed by atoms with Gasteiger partial charge in [-0.05, 0) is 44.4 Å². The predicted octanol–water partition coefficient (Wildman–Crippen LogP) is 1.57. The second-order valence-electron chi connectivity index (χ2n) is 4.75. The molecule has 0 bridgehead atoms. The lowest BCUT2D eigenvalue weighted by molar-refractivity contribution is 0.261. The fraction of sp³-hybridized carbons (Fsp3) is 0.538. The van der Waals surface area contributed by atoms with Crippen LogP contribution in [0.1, 0.15) is 11.1 Å². The van der Waals surface area contributed by atoms with Gasteiger partial charge in [0.2, 0.25) is 0 Å². The van der Waals surface area contributed by atoms with Gasteiger partial charge in [-0.2, -0.15) is 0 Å². The van der Waals surface area contributed by atoms with E-state index in [1.807, 2.05) is 0 Å². The van der Waals surface area contributed by atoms with E-state index in [-0.39, 0.29) is 0 Å². The van der Waals surface area contributed by atoms with E-state index in [0.29, 0.717) is 0 Å². The highest BCUT2D eigenvalue weighted by atomic mass is 16.5. The highest BCUT2D eigenvalue weighted by molar-refractivity contribution is 5.37. The van der Waals surface area contributed by atoms with Gasteiger partial charge in [-0.1, -0.05) is 6.07 Å². The number of ether oxygens (including phenoxy) is 1. The second-order valence-corrected chi connectivity index (χ2v) is 4.75. The van der Waals surface area contributed by atoms with Crippen LogP contribution in [0.2, 0.25) is 0 Å². The van der Waals surface area contributed by atoms with Crippen molar-refractivity contribution in [2.45, 2.75) is 13.1 Å². The molecule has 0 atom stereocenters. The van der Waals surface area contributed by atoms with Crippen LogP contribution in [0.15, 0.2) is 18.2 Å². The Hall–Kier alpha value is -1.06. The summed E-state index contributed by atoms with van der Waals surface area (Å²) in [7, 11) is 6.26. The number of rotatable bonds is 4. The molecule has 0 aromatic heterocycles. The van der Waals surface area contributed by atoms with Crippen molar-refractivity contribution in [2.75, 3.05) is 34.3 Å². The summed E-state index contributed by atoms with van der Waals surface area (Å²) in [6, 6.07) is 6.44. The molecule has 0 N–H and O–H groups in total. The minimum Gasteiger partial charge on any atom is -0.492 e. The molecule has 1 aliphatic rings. The minimum atomic E-state index is 0.752. The van der Waals surface area contributed by atoms with Gasteiger partial charge >= 0.3 is 0 Å². The first-order chi connectivity index (χ1) is 7.65. The van der Waals surface area contributed by atoms with Crippen LogP contribution >= 0.6 is 0 Å². The van der Waals surface area contributed by atoms with Crippen molar-refractivity contribution in [3.8, 4) is 5.75 Å². The summed E-state index contributed by atoms with van der Waals surface area (Å²) in [5.74, 6) is 0.996. The number of fused-ring (bicyclic) bond motifs is 1. The highest BCUT2D eigenvalue weighted by Crippen LogP contribution is 2.25. The van der Waals surface area contributed by atoms with Crippen molar-refractivity contribution >= 4 is 0 Å². The van der Waals surface area contributed by atoms with Gasteiger partial charge in [0.25, 0.3) is 0 Å². The monoisotopic (exact) mass is 220 g/mol. The van der Waals surface area contributed by atoms with Gasteiger partial charge in [-0.3, -0.25) is 4.90 Å². The normalized spacial score (nSPS) is 15.5. The van der Waals surface area contributed by atoms with Gasteiger partial charge in [0.1, 0.15) is 12.4 Å². The summed E-state index contributed by atoms with van der Waals surface area (Å²) in [5, 5.41) is 0. The van der Waals surface area contributed by atoms with E-state index in [1.165, 1.54) is 11.1 Å². The Bertz CT molecular complexity index is 363. The summed E-state index contributed by atoms with van der Waals surface area (Å²) < 4.78 is 5.72. The molecule has 1 aliphatic heterocycles. The average Bonchev–Trinajstić information content (AvgIpc) is 2.56. The van der Waals surface area contributed by atoms with E-state index in [4.69, 9.17) is 4.74 Å². The van der Waals surface area contributed by atoms with Crippen LogP contribution in [-0.2, 0) is 13.1 Å². The topological polar surface area (TPSA) is 15.7 Å².